The molecule has 1 aliphatic heterocycles. The molecule has 1 heterocycles. The monoisotopic (exact) mass is 456 g/mol. The van der Waals surface area contributed by atoms with Crippen molar-refractivity contribution in [1.29, 1.82) is 0 Å². The molecule has 0 aromatic carbocycles. The van der Waals surface area contributed by atoms with Crippen molar-refractivity contribution in [3.63, 3.8) is 0 Å². The van der Waals surface area contributed by atoms with Gasteiger partial charge in [0.25, 0.3) is 0 Å². The van der Waals surface area contributed by atoms with Crippen LogP contribution in [0, 0.1) is 5.92 Å². The summed E-state index contributed by atoms with van der Waals surface area (Å²) in [5.74, 6) is 1.50. The molecule has 0 aromatic rings. The zero-order valence-corrected chi connectivity index (χ0v) is 18.2. The lowest BCUT2D eigenvalue weighted by Crippen LogP contribution is -2.52. The fourth-order valence-electron chi connectivity index (χ4n) is 2.87. The van der Waals surface area contributed by atoms with Gasteiger partial charge in [0.2, 0.25) is 0 Å². The maximum atomic E-state index is 5.46. The Morgan fingerprint density at radius 2 is 1.88 bits per heavy atom. The van der Waals surface area contributed by atoms with E-state index in [0.29, 0.717) is 12.0 Å². The van der Waals surface area contributed by atoms with E-state index in [1.807, 2.05) is 7.05 Å². The summed E-state index contributed by atoms with van der Waals surface area (Å²) in [5.41, 5.74) is 0. The summed E-state index contributed by atoms with van der Waals surface area (Å²) in [6.45, 7) is 11.0. The fraction of sp³-hybridized carbons (Fsp3) is 0.941. The topological polar surface area (TPSA) is 58.1 Å². The summed E-state index contributed by atoms with van der Waals surface area (Å²) < 4.78 is 10.5. The zero-order valence-electron chi connectivity index (χ0n) is 15.8. The van der Waals surface area contributed by atoms with Gasteiger partial charge in [-0.1, -0.05) is 13.8 Å². The number of morpholine rings is 1. The van der Waals surface area contributed by atoms with Crippen LogP contribution in [0.15, 0.2) is 4.99 Å². The van der Waals surface area contributed by atoms with Crippen LogP contribution in [0.3, 0.4) is 0 Å². The van der Waals surface area contributed by atoms with Crippen LogP contribution in [0.25, 0.3) is 0 Å². The van der Waals surface area contributed by atoms with Crippen LogP contribution in [-0.2, 0) is 9.47 Å². The van der Waals surface area contributed by atoms with Crippen LogP contribution in [0.2, 0.25) is 0 Å². The van der Waals surface area contributed by atoms with Crippen molar-refractivity contribution in [3.05, 3.63) is 0 Å². The van der Waals surface area contributed by atoms with Gasteiger partial charge >= 0.3 is 0 Å². The summed E-state index contributed by atoms with van der Waals surface area (Å²) >= 11 is 0. The average molecular weight is 456 g/mol. The van der Waals surface area contributed by atoms with Crippen molar-refractivity contribution in [2.45, 2.75) is 39.2 Å². The van der Waals surface area contributed by atoms with Crippen molar-refractivity contribution in [1.82, 2.24) is 15.5 Å². The van der Waals surface area contributed by atoms with Crippen molar-refractivity contribution in [3.8, 4) is 0 Å². The number of guanidine groups is 1. The van der Waals surface area contributed by atoms with Crippen LogP contribution < -0.4 is 10.6 Å². The Morgan fingerprint density at radius 3 is 2.46 bits per heavy atom. The molecule has 6 nitrogen and oxygen atoms in total. The van der Waals surface area contributed by atoms with E-state index in [0.717, 1.165) is 64.8 Å². The van der Waals surface area contributed by atoms with Gasteiger partial charge in [-0.2, -0.15) is 0 Å². The molecule has 0 saturated carbocycles. The van der Waals surface area contributed by atoms with Gasteiger partial charge in [0.05, 0.1) is 13.2 Å². The average Bonchev–Trinajstić information content (AvgIpc) is 2.57. The first-order chi connectivity index (χ1) is 11.2. The Morgan fingerprint density at radius 1 is 1.17 bits per heavy atom. The van der Waals surface area contributed by atoms with E-state index in [9.17, 15) is 0 Å². The van der Waals surface area contributed by atoms with Crippen molar-refractivity contribution < 1.29 is 9.47 Å². The molecule has 1 rings (SSSR count). The Hall–Kier alpha value is -0.120. The minimum absolute atomic E-state index is 0. The highest BCUT2D eigenvalue weighted by Crippen LogP contribution is 2.12. The maximum Gasteiger partial charge on any atom is 0.191 e. The second kappa shape index (κ2) is 15.2. The van der Waals surface area contributed by atoms with Gasteiger partial charge in [-0.15, -0.1) is 24.0 Å². The zero-order chi connectivity index (χ0) is 16.9. The summed E-state index contributed by atoms with van der Waals surface area (Å²) in [5, 5.41) is 6.88. The van der Waals surface area contributed by atoms with Crippen LogP contribution in [0.5, 0.6) is 0 Å². The molecule has 0 aromatic heterocycles. The number of hydrogen-bond acceptors (Lipinski definition) is 4. The van der Waals surface area contributed by atoms with Gasteiger partial charge in [0.15, 0.2) is 5.96 Å². The number of unbranched alkanes of at least 4 members (excludes halogenated alkanes) is 2. The van der Waals surface area contributed by atoms with Gasteiger partial charge in [0.1, 0.15) is 0 Å². The van der Waals surface area contributed by atoms with Crippen LogP contribution >= 0.6 is 24.0 Å². The third-order valence-electron chi connectivity index (χ3n) is 4.30. The number of rotatable bonds is 10. The molecule has 1 aliphatic rings. The normalized spacial score (nSPS) is 17.5. The molecule has 0 aliphatic carbocycles. The minimum atomic E-state index is 0. The Kier molecular flexibility index (Phi) is 15.1. The SMILES string of the molecule is CN=C(NCCCCCOC)NCC(C(C)C)N1CCOCC1.I. The van der Waals surface area contributed by atoms with Crippen molar-refractivity contribution in [2.75, 3.05) is 60.2 Å². The van der Waals surface area contributed by atoms with Crippen LogP contribution in [0.4, 0.5) is 0 Å². The first-order valence-electron chi connectivity index (χ1n) is 8.94. The number of aliphatic imine (C=N–C) groups is 1. The summed E-state index contributed by atoms with van der Waals surface area (Å²) in [6, 6.07) is 0.513. The molecule has 1 saturated heterocycles. The quantitative estimate of drug-likeness (QED) is 0.228. The fourth-order valence-corrected chi connectivity index (χ4v) is 2.87. The van der Waals surface area contributed by atoms with Gasteiger partial charge < -0.3 is 20.1 Å². The second-order valence-electron chi connectivity index (χ2n) is 6.39. The molecule has 2 N–H and O–H groups in total. The highest BCUT2D eigenvalue weighted by molar-refractivity contribution is 14.0. The van der Waals surface area contributed by atoms with Crippen LogP contribution in [0.1, 0.15) is 33.1 Å². The second-order valence-corrected chi connectivity index (χ2v) is 6.39. The highest BCUT2D eigenvalue weighted by atomic mass is 127. The first-order valence-corrected chi connectivity index (χ1v) is 8.94. The summed E-state index contributed by atoms with van der Waals surface area (Å²) in [6.07, 6.45) is 3.44. The smallest absolute Gasteiger partial charge is 0.191 e. The standard InChI is InChI=1S/C17H36N4O2.HI/c1-15(2)16(21-9-12-23-13-10-21)14-20-17(18-3)19-8-6-5-7-11-22-4;/h15-16H,5-14H2,1-4H3,(H2,18,19,20);1H. The number of hydrogen-bond donors (Lipinski definition) is 2. The number of halogens is 1. The molecule has 1 atom stereocenters. The predicted molar refractivity (Wildman–Crippen MR) is 112 cm³/mol. The van der Waals surface area contributed by atoms with E-state index in [-0.39, 0.29) is 24.0 Å². The number of nitrogens with zero attached hydrogens (tertiary/aromatic N) is 2. The molecule has 0 bridgehead atoms. The molecule has 7 heteroatoms. The molecule has 24 heavy (non-hydrogen) atoms. The molecule has 0 radical (unpaired) electrons. The van der Waals surface area contributed by atoms with E-state index in [4.69, 9.17) is 9.47 Å². The van der Waals surface area contributed by atoms with Crippen LogP contribution in [-0.4, -0.2) is 77.1 Å². The third kappa shape index (κ3) is 10.0. The van der Waals surface area contributed by atoms with E-state index in [2.05, 4.69) is 34.4 Å². The summed E-state index contributed by atoms with van der Waals surface area (Å²) in [7, 11) is 3.59. The molecule has 0 spiro atoms. The Labute approximate surface area is 165 Å². The summed E-state index contributed by atoms with van der Waals surface area (Å²) in [4.78, 5) is 6.85. The van der Waals surface area contributed by atoms with Crippen molar-refractivity contribution in [2.24, 2.45) is 10.9 Å². The van der Waals surface area contributed by atoms with Gasteiger partial charge in [0, 0.05) is 53.0 Å². The molecule has 144 valence electrons. The largest absolute Gasteiger partial charge is 0.385 e. The molecule has 0 amide bonds. The molecule has 1 unspecified atom stereocenters. The van der Waals surface area contributed by atoms with E-state index in [1.165, 1.54) is 6.42 Å². The van der Waals surface area contributed by atoms with Crippen molar-refractivity contribution >= 4 is 29.9 Å². The molecular weight excluding hydrogens is 419 g/mol. The Balaban J connectivity index is 0.00000529. The first kappa shape index (κ1) is 23.9. The number of nitrogens with one attached hydrogen (secondary N) is 2. The number of ether oxygens (including phenoxy) is 2. The van der Waals surface area contributed by atoms with Gasteiger partial charge in [-0.05, 0) is 25.2 Å². The highest BCUT2D eigenvalue weighted by Gasteiger charge is 2.23. The van der Waals surface area contributed by atoms with Gasteiger partial charge in [-0.25, -0.2) is 0 Å². The lowest BCUT2D eigenvalue weighted by Gasteiger charge is -2.37. The predicted octanol–water partition coefficient (Wildman–Crippen LogP) is 1.94. The molecular formula is C17H37IN4O2. The molecule has 1 fully saturated rings. The van der Waals surface area contributed by atoms with E-state index < -0.39 is 0 Å². The van der Waals surface area contributed by atoms with E-state index in [1.54, 1.807) is 7.11 Å². The Bertz CT molecular complexity index is 324. The van der Waals surface area contributed by atoms with E-state index >= 15 is 0 Å². The van der Waals surface area contributed by atoms with Gasteiger partial charge in [-0.3, -0.25) is 9.89 Å². The number of methoxy groups -OCH3 is 1. The lowest BCUT2D eigenvalue weighted by atomic mass is 10.0. The third-order valence-corrected chi connectivity index (χ3v) is 4.30. The lowest BCUT2D eigenvalue weighted by molar-refractivity contribution is 0.00752. The minimum Gasteiger partial charge on any atom is -0.385 e. The maximum absolute atomic E-state index is 5.46.